The first kappa shape index (κ1) is 15.9. The Bertz CT molecular complexity index is 795. The molecular formula is C14H18ClN3O2S. The molecule has 1 heterocycles. The zero-order valence-electron chi connectivity index (χ0n) is 12.4. The Hall–Kier alpha value is -1.53. The summed E-state index contributed by atoms with van der Waals surface area (Å²) in [5, 5.41) is 4.88. The fourth-order valence-corrected chi connectivity index (χ4v) is 2.75. The molecule has 0 bridgehead atoms. The van der Waals surface area contributed by atoms with Crippen molar-refractivity contribution in [3.8, 4) is 11.1 Å². The van der Waals surface area contributed by atoms with Crippen LogP contribution in [0.2, 0.25) is 5.02 Å². The van der Waals surface area contributed by atoms with E-state index in [2.05, 4.69) is 5.10 Å². The lowest BCUT2D eigenvalue weighted by atomic mass is 9.98. The average Bonchev–Trinajstić information content (AvgIpc) is 2.65. The lowest BCUT2D eigenvalue weighted by molar-refractivity contribution is 0.553. The molecule has 0 aliphatic heterocycles. The minimum atomic E-state index is -3.36. The van der Waals surface area contributed by atoms with Gasteiger partial charge in [0.2, 0.25) is 0 Å². The molecule has 0 aliphatic carbocycles. The van der Waals surface area contributed by atoms with Gasteiger partial charge in [-0.25, -0.2) is 8.42 Å². The SMILES string of the molecule is Cn1nc(C(C)(C)S(C)(=O)=O)c(-c2cccc(Cl)c2)c1N. The number of anilines is 1. The maximum Gasteiger partial charge on any atom is 0.158 e. The third kappa shape index (κ3) is 2.65. The summed E-state index contributed by atoms with van der Waals surface area (Å²) in [4.78, 5) is 0. The molecule has 5 nitrogen and oxygen atoms in total. The van der Waals surface area contributed by atoms with E-state index in [0.29, 0.717) is 22.1 Å². The Labute approximate surface area is 129 Å². The summed E-state index contributed by atoms with van der Waals surface area (Å²) in [5.41, 5.74) is 7.87. The van der Waals surface area contributed by atoms with E-state index in [0.717, 1.165) is 5.56 Å². The van der Waals surface area contributed by atoms with Crippen molar-refractivity contribution in [3.63, 3.8) is 0 Å². The van der Waals surface area contributed by atoms with Crippen molar-refractivity contribution in [1.82, 2.24) is 9.78 Å². The Balaban J connectivity index is 2.79. The number of nitrogens with zero attached hydrogens (tertiary/aromatic N) is 2. The smallest absolute Gasteiger partial charge is 0.158 e. The first-order valence-corrected chi connectivity index (χ1v) is 8.61. The van der Waals surface area contributed by atoms with Gasteiger partial charge in [-0.1, -0.05) is 23.7 Å². The van der Waals surface area contributed by atoms with Crippen molar-refractivity contribution in [2.75, 3.05) is 12.0 Å². The number of nitrogen functional groups attached to an aromatic ring is 1. The molecule has 0 radical (unpaired) electrons. The minimum absolute atomic E-state index is 0.406. The highest BCUT2D eigenvalue weighted by Gasteiger charge is 2.38. The first-order valence-electron chi connectivity index (χ1n) is 6.34. The predicted octanol–water partition coefficient (Wildman–Crippen LogP) is 2.60. The van der Waals surface area contributed by atoms with Crippen molar-refractivity contribution in [2.45, 2.75) is 18.6 Å². The monoisotopic (exact) mass is 327 g/mol. The van der Waals surface area contributed by atoms with Gasteiger partial charge >= 0.3 is 0 Å². The topological polar surface area (TPSA) is 78.0 Å². The van der Waals surface area contributed by atoms with Gasteiger partial charge in [0.15, 0.2) is 9.84 Å². The third-order valence-electron chi connectivity index (χ3n) is 3.70. The average molecular weight is 328 g/mol. The molecule has 2 rings (SSSR count). The van der Waals surface area contributed by atoms with Gasteiger partial charge in [-0.15, -0.1) is 0 Å². The Kier molecular flexibility index (Phi) is 3.80. The van der Waals surface area contributed by atoms with Gasteiger partial charge in [0.1, 0.15) is 10.6 Å². The standard InChI is InChI=1S/C14H18ClN3O2S/c1-14(2,21(4,19)20)12-11(13(16)18(3)17-12)9-6-5-7-10(15)8-9/h5-8H,16H2,1-4H3. The van der Waals surface area contributed by atoms with E-state index in [-0.39, 0.29) is 0 Å². The second kappa shape index (κ2) is 5.03. The van der Waals surface area contributed by atoms with Gasteiger partial charge in [0, 0.05) is 23.9 Å². The fraction of sp³-hybridized carbons (Fsp3) is 0.357. The number of sulfone groups is 1. The van der Waals surface area contributed by atoms with E-state index in [1.54, 1.807) is 39.1 Å². The Morgan fingerprint density at radius 1 is 1.33 bits per heavy atom. The molecule has 7 heteroatoms. The molecule has 0 aliphatic rings. The highest BCUT2D eigenvalue weighted by atomic mass is 35.5. The molecule has 0 atom stereocenters. The van der Waals surface area contributed by atoms with Crippen molar-refractivity contribution in [2.24, 2.45) is 7.05 Å². The van der Waals surface area contributed by atoms with Crippen LogP contribution in [0.5, 0.6) is 0 Å². The van der Waals surface area contributed by atoms with Crippen LogP contribution in [0.15, 0.2) is 24.3 Å². The number of benzene rings is 1. The molecule has 1 aromatic carbocycles. The molecule has 0 unspecified atom stereocenters. The van der Waals surface area contributed by atoms with Crippen LogP contribution in [0.3, 0.4) is 0 Å². The molecule has 0 saturated heterocycles. The van der Waals surface area contributed by atoms with Gasteiger partial charge in [-0.05, 0) is 31.5 Å². The van der Waals surface area contributed by atoms with E-state index >= 15 is 0 Å². The summed E-state index contributed by atoms with van der Waals surface area (Å²) in [5.74, 6) is 0.406. The van der Waals surface area contributed by atoms with Crippen molar-refractivity contribution in [1.29, 1.82) is 0 Å². The van der Waals surface area contributed by atoms with Gasteiger partial charge in [0.05, 0.1) is 5.69 Å². The van der Waals surface area contributed by atoms with Crippen LogP contribution >= 0.6 is 11.6 Å². The van der Waals surface area contributed by atoms with E-state index in [9.17, 15) is 8.42 Å². The van der Waals surface area contributed by atoms with Gasteiger partial charge in [0.25, 0.3) is 0 Å². The highest BCUT2D eigenvalue weighted by Crippen LogP contribution is 2.39. The van der Waals surface area contributed by atoms with E-state index < -0.39 is 14.6 Å². The molecule has 0 spiro atoms. The maximum atomic E-state index is 12.1. The number of rotatable bonds is 3. The molecule has 21 heavy (non-hydrogen) atoms. The number of hydrogen-bond acceptors (Lipinski definition) is 4. The van der Waals surface area contributed by atoms with Crippen LogP contribution in [-0.4, -0.2) is 24.5 Å². The van der Waals surface area contributed by atoms with E-state index in [1.165, 1.54) is 10.9 Å². The molecule has 2 aromatic rings. The molecule has 1 aromatic heterocycles. The van der Waals surface area contributed by atoms with E-state index in [4.69, 9.17) is 17.3 Å². The molecule has 0 saturated carbocycles. The maximum absolute atomic E-state index is 12.1. The molecule has 0 fully saturated rings. The van der Waals surface area contributed by atoms with Crippen LogP contribution in [0, 0.1) is 0 Å². The molecule has 2 N–H and O–H groups in total. The summed E-state index contributed by atoms with van der Waals surface area (Å²) in [6.07, 6.45) is 1.19. The second-order valence-corrected chi connectivity index (χ2v) is 8.53. The van der Waals surface area contributed by atoms with E-state index in [1.807, 2.05) is 6.07 Å². The molecular weight excluding hydrogens is 310 g/mol. The highest BCUT2D eigenvalue weighted by molar-refractivity contribution is 7.91. The third-order valence-corrected chi connectivity index (χ3v) is 5.98. The summed E-state index contributed by atoms with van der Waals surface area (Å²) >= 11 is 6.02. The number of aryl methyl sites for hydroxylation is 1. The summed E-state index contributed by atoms with van der Waals surface area (Å²) in [6, 6.07) is 7.12. The first-order chi connectivity index (χ1) is 9.55. The number of nitrogens with two attached hydrogens (primary N) is 1. The molecule has 0 amide bonds. The summed E-state index contributed by atoms with van der Waals surface area (Å²) in [6.45, 7) is 3.25. The van der Waals surface area contributed by atoms with Crippen LogP contribution < -0.4 is 5.73 Å². The summed E-state index contributed by atoms with van der Waals surface area (Å²) in [7, 11) is -1.68. The zero-order chi connectivity index (χ0) is 16.0. The largest absolute Gasteiger partial charge is 0.383 e. The van der Waals surface area contributed by atoms with Gasteiger partial charge < -0.3 is 5.73 Å². The van der Waals surface area contributed by atoms with Crippen molar-refractivity contribution < 1.29 is 8.42 Å². The van der Waals surface area contributed by atoms with Crippen LogP contribution in [0.25, 0.3) is 11.1 Å². The van der Waals surface area contributed by atoms with Crippen molar-refractivity contribution >= 4 is 27.3 Å². The van der Waals surface area contributed by atoms with Crippen LogP contribution in [0.4, 0.5) is 5.82 Å². The fourth-order valence-electron chi connectivity index (χ4n) is 2.06. The lowest BCUT2D eigenvalue weighted by Crippen LogP contribution is -2.29. The predicted molar refractivity (Wildman–Crippen MR) is 85.9 cm³/mol. The quantitative estimate of drug-likeness (QED) is 0.940. The Morgan fingerprint density at radius 3 is 2.48 bits per heavy atom. The number of halogens is 1. The summed E-state index contributed by atoms with van der Waals surface area (Å²) < 4.78 is 24.5. The Morgan fingerprint density at radius 2 is 1.95 bits per heavy atom. The van der Waals surface area contributed by atoms with Crippen molar-refractivity contribution in [3.05, 3.63) is 35.0 Å². The normalized spacial score (nSPS) is 12.6. The zero-order valence-corrected chi connectivity index (χ0v) is 14.0. The van der Waals surface area contributed by atoms with Crippen LogP contribution in [0.1, 0.15) is 19.5 Å². The lowest BCUT2D eigenvalue weighted by Gasteiger charge is -2.21. The number of aromatic nitrogens is 2. The second-order valence-electron chi connectivity index (χ2n) is 5.53. The van der Waals surface area contributed by atoms with Crippen LogP contribution in [-0.2, 0) is 21.6 Å². The molecule has 114 valence electrons. The van der Waals surface area contributed by atoms with Gasteiger partial charge in [-0.2, -0.15) is 5.10 Å². The number of hydrogen-bond donors (Lipinski definition) is 1. The minimum Gasteiger partial charge on any atom is -0.383 e. The van der Waals surface area contributed by atoms with Gasteiger partial charge in [-0.3, -0.25) is 4.68 Å².